The van der Waals surface area contributed by atoms with Gasteiger partial charge in [0.2, 0.25) is 0 Å². The Bertz CT molecular complexity index is 826. The van der Waals surface area contributed by atoms with E-state index in [0.29, 0.717) is 5.92 Å². The van der Waals surface area contributed by atoms with Gasteiger partial charge in [-0.05, 0) is 50.9 Å². The van der Waals surface area contributed by atoms with Crippen LogP contribution in [-0.4, -0.2) is 37.9 Å². The van der Waals surface area contributed by atoms with Crippen molar-refractivity contribution in [3.05, 3.63) is 53.9 Å². The quantitative estimate of drug-likeness (QED) is 0.801. The van der Waals surface area contributed by atoms with Gasteiger partial charge in [-0.1, -0.05) is 6.07 Å². The SMILES string of the molecule is Cc1ccc2nc([C@H]3CCCN([C@@H](C)c4cnccn4)C3)[nH]c2c1. The summed E-state index contributed by atoms with van der Waals surface area (Å²) >= 11 is 0. The number of nitrogens with zero attached hydrogens (tertiary/aromatic N) is 4. The van der Waals surface area contributed by atoms with Gasteiger partial charge in [-0.3, -0.25) is 14.9 Å². The van der Waals surface area contributed by atoms with Crippen molar-refractivity contribution >= 4 is 11.0 Å². The summed E-state index contributed by atoms with van der Waals surface area (Å²) in [6.07, 6.45) is 7.74. The smallest absolute Gasteiger partial charge is 0.111 e. The van der Waals surface area contributed by atoms with Crippen molar-refractivity contribution in [1.29, 1.82) is 0 Å². The Morgan fingerprint density at radius 2 is 2.21 bits per heavy atom. The van der Waals surface area contributed by atoms with Gasteiger partial charge in [0.25, 0.3) is 0 Å². The van der Waals surface area contributed by atoms with E-state index in [9.17, 15) is 0 Å². The van der Waals surface area contributed by atoms with Crippen LogP contribution in [0.25, 0.3) is 11.0 Å². The van der Waals surface area contributed by atoms with Crippen molar-refractivity contribution in [2.45, 2.75) is 38.6 Å². The number of likely N-dealkylation sites (tertiary alicyclic amines) is 1. The van der Waals surface area contributed by atoms with Crippen LogP contribution in [0, 0.1) is 6.92 Å². The van der Waals surface area contributed by atoms with E-state index in [1.807, 2.05) is 6.20 Å². The minimum atomic E-state index is 0.285. The summed E-state index contributed by atoms with van der Waals surface area (Å²) in [7, 11) is 0. The first-order chi connectivity index (χ1) is 11.7. The molecule has 0 unspecified atom stereocenters. The summed E-state index contributed by atoms with van der Waals surface area (Å²) in [6, 6.07) is 6.69. The second-order valence-corrected chi connectivity index (χ2v) is 6.78. The number of H-pyrrole nitrogens is 1. The highest BCUT2D eigenvalue weighted by atomic mass is 15.2. The second-order valence-electron chi connectivity index (χ2n) is 6.78. The fraction of sp³-hybridized carbons (Fsp3) is 0.421. The first-order valence-electron chi connectivity index (χ1n) is 8.67. The third-order valence-electron chi connectivity index (χ3n) is 5.05. The lowest BCUT2D eigenvalue weighted by atomic mass is 9.96. The Labute approximate surface area is 142 Å². The number of imidazole rings is 1. The number of piperidine rings is 1. The number of aryl methyl sites for hydroxylation is 1. The zero-order chi connectivity index (χ0) is 16.5. The van der Waals surface area contributed by atoms with Crippen molar-refractivity contribution in [3.8, 4) is 0 Å². The molecule has 1 fully saturated rings. The highest BCUT2D eigenvalue weighted by Gasteiger charge is 2.27. The Hall–Kier alpha value is -2.27. The average Bonchev–Trinajstić information content (AvgIpc) is 3.05. The fourth-order valence-corrected chi connectivity index (χ4v) is 3.63. The molecule has 3 heterocycles. The summed E-state index contributed by atoms with van der Waals surface area (Å²) < 4.78 is 0. The molecule has 5 nitrogen and oxygen atoms in total. The van der Waals surface area contributed by atoms with E-state index in [0.717, 1.165) is 35.6 Å². The van der Waals surface area contributed by atoms with E-state index in [2.05, 4.69) is 51.9 Å². The number of hydrogen-bond acceptors (Lipinski definition) is 4. The van der Waals surface area contributed by atoms with Gasteiger partial charge in [-0.15, -0.1) is 0 Å². The zero-order valence-electron chi connectivity index (χ0n) is 14.2. The molecule has 1 aliphatic heterocycles. The molecule has 2 aromatic heterocycles. The topological polar surface area (TPSA) is 57.7 Å². The molecule has 0 saturated carbocycles. The zero-order valence-corrected chi connectivity index (χ0v) is 14.2. The molecule has 1 aliphatic rings. The lowest BCUT2D eigenvalue weighted by molar-refractivity contribution is 0.153. The molecular formula is C19H23N5. The number of aromatic amines is 1. The van der Waals surface area contributed by atoms with Gasteiger partial charge in [0, 0.05) is 31.1 Å². The Morgan fingerprint density at radius 3 is 3.04 bits per heavy atom. The largest absolute Gasteiger partial charge is 0.342 e. The van der Waals surface area contributed by atoms with Gasteiger partial charge in [0.15, 0.2) is 0 Å². The van der Waals surface area contributed by atoms with Crippen LogP contribution in [0.15, 0.2) is 36.8 Å². The molecule has 0 aliphatic carbocycles. The van der Waals surface area contributed by atoms with Gasteiger partial charge < -0.3 is 4.98 Å². The molecule has 124 valence electrons. The maximum atomic E-state index is 4.83. The molecule has 0 amide bonds. The third kappa shape index (κ3) is 2.91. The predicted molar refractivity (Wildman–Crippen MR) is 94.8 cm³/mol. The highest BCUT2D eigenvalue weighted by molar-refractivity contribution is 5.75. The monoisotopic (exact) mass is 321 g/mol. The first kappa shape index (κ1) is 15.3. The van der Waals surface area contributed by atoms with Crippen molar-refractivity contribution < 1.29 is 0 Å². The van der Waals surface area contributed by atoms with Gasteiger partial charge in [-0.25, -0.2) is 4.98 Å². The molecule has 3 aromatic rings. The molecule has 24 heavy (non-hydrogen) atoms. The summed E-state index contributed by atoms with van der Waals surface area (Å²) in [5.41, 5.74) is 4.51. The van der Waals surface area contributed by atoms with Crippen molar-refractivity contribution in [3.63, 3.8) is 0 Å². The molecule has 1 saturated heterocycles. The molecular weight excluding hydrogens is 298 g/mol. The lowest BCUT2D eigenvalue weighted by Gasteiger charge is -2.35. The van der Waals surface area contributed by atoms with Gasteiger partial charge in [0.05, 0.1) is 22.8 Å². The van der Waals surface area contributed by atoms with Crippen LogP contribution in [0.5, 0.6) is 0 Å². The Kier molecular flexibility index (Phi) is 4.02. The number of benzene rings is 1. The van der Waals surface area contributed by atoms with Gasteiger partial charge >= 0.3 is 0 Å². The van der Waals surface area contributed by atoms with Crippen molar-refractivity contribution in [1.82, 2.24) is 24.8 Å². The second kappa shape index (κ2) is 6.32. The number of fused-ring (bicyclic) bond motifs is 1. The van der Waals surface area contributed by atoms with Gasteiger partial charge in [0.1, 0.15) is 5.82 Å². The number of aromatic nitrogens is 4. The van der Waals surface area contributed by atoms with Gasteiger partial charge in [-0.2, -0.15) is 0 Å². The molecule has 4 rings (SSSR count). The highest BCUT2D eigenvalue weighted by Crippen LogP contribution is 2.31. The predicted octanol–water partition coefficient (Wildman–Crippen LogP) is 3.60. The maximum absolute atomic E-state index is 4.83. The van der Waals surface area contributed by atoms with E-state index in [1.54, 1.807) is 12.4 Å². The third-order valence-corrected chi connectivity index (χ3v) is 5.05. The summed E-state index contributed by atoms with van der Waals surface area (Å²) in [5, 5.41) is 0. The van der Waals surface area contributed by atoms with E-state index in [1.165, 1.54) is 18.4 Å². The standard InChI is InChI=1S/C19H23N5/c1-13-5-6-16-17(10-13)23-19(22-16)15-4-3-9-24(12-15)14(2)18-11-20-7-8-21-18/h5-8,10-11,14-15H,3-4,9,12H2,1-2H3,(H,22,23)/t14-,15-/m0/s1. The van der Waals surface area contributed by atoms with E-state index in [4.69, 9.17) is 4.98 Å². The van der Waals surface area contributed by atoms with E-state index >= 15 is 0 Å². The van der Waals surface area contributed by atoms with Crippen LogP contribution in [0.3, 0.4) is 0 Å². The number of nitrogens with one attached hydrogen (secondary N) is 1. The lowest BCUT2D eigenvalue weighted by Crippen LogP contribution is -2.37. The Morgan fingerprint density at radius 1 is 1.29 bits per heavy atom. The van der Waals surface area contributed by atoms with E-state index in [-0.39, 0.29) is 6.04 Å². The van der Waals surface area contributed by atoms with Crippen LogP contribution >= 0.6 is 0 Å². The number of rotatable bonds is 3. The summed E-state index contributed by atoms with van der Waals surface area (Å²) in [6.45, 7) is 6.45. The van der Waals surface area contributed by atoms with Crippen LogP contribution in [0.1, 0.15) is 48.8 Å². The molecule has 0 radical (unpaired) electrons. The van der Waals surface area contributed by atoms with Crippen molar-refractivity contribution in [2.24, 2.45) is 0 Å². The average molecular weight is 321 g/mol. The molecule has 0 bridgehead atoms. The van der Waals surface area contributed by atoms with E-state index < -0.39 is 0 Å². The fourth-order valence-electron chi connectivity index (χ4n) is 3.63. The first-order valence-corrected chi connectivity index (χ1v) is 8.67. The Balaban J connectivity index is 1.55. The van der Waals surface area contributed by atoms with Crippen LogP contribution in [0.2, 0.25) is 0 Å². The molecule has 2 atom stereocenters. The minimum Gasteiger partial charge on any atom is -0.342 e. The van der Waals surface area contributed by atoms with Crippen molar-refractivity contribution in [2.75, 3.05) is 13.1 Å². The normalized spacial score (nSPS) is 20.3. The van der Waals surface area contributed by atoms with Crippen LogP contribution in [0.4, 0.5) is 0 Å². The molecule has 1 N–H and O–H groups in total. The summed E-state index contributed by atoms with van der Waals surface area (Å²) in [5.74, 6) is 1.57. The minimum absolute atomic E-state index is 0.285. The van der Waals surface area contributed by atoms with Crippen LogP contribution in [-0.2, 0) is 0 Å². The van der Waals surface area contributed by atoms with Crippen LogP contribution < -0.4 is 0 Å². The molecule has 0 spiro atoms. The molecule has 5 heteroatoms. The molecule has 1 aromatic carbocycles. The number of hydrogen-bond donors (Lipinski definition) is 1. The summed E-state index contributed by atoms with van der Waals surface area (Å²) in [4.78, 5) is 19.5. The maximum Gasteiger partial charge on any atom is 0.111 e.